The number of hydrogen-bond donors (Lipinski definition) is 1. The van der Waals surface area contributed by atoms with Crippen LogP contribution in [0.3, 0.4) is 0 Å². The van der Waals surface area contributed by atoms with Crippen LogP contribution in [-0.4, -0.2) is 30.7 Å². The molecule has 0 radical (unpaired) electrons. The number of hydrogen-bond acceptors (Lipinski definition) is 4. The number of rotatable bonds is 4. The summed E-state index contributed by atoms with van der Waals surface area (Å²) in [6, 6.07) is 15.9. The zero-order valence-corrected chi connectivity index (χ0v) is 16.7. The molecule has 29 heavy (non-hydrogen) atoms. The minimum absolute atomic E-state index is 0.0779. The number of fused-ring (bicyclic) bond motifs is 1. The van der Waals surface area contributed by atoms with Crippen LogP contribution in [0.2, 0.25) is 0 Å². The Hall–Kier alpha value is -3.28. The van der Waals surface area contributed by atoms with E-state index in [0.717, 1.165) is 42.6 Å². The molecule has 0 aliphatic carbocycles. The van der Waals surface area contributed by atoms with Gasteiger partial charge in [0.25, 0.3) is 11.5 Å². The summed E-state index contributed by atoms with van der Waals surface area (Å²) >= 11 is 0. The Labute approximate surface area is 169 Å². The van der Waals surface area contributed by atoms with E-state index >= 15 is 0 Å². The second-order valence-electron chi connectivity index (χ2n) is 7.50. The van der Waals surface area contributed by atoms with Crippen LogP contribution < -0.4 is 20.9 Å². The van der Waals surface area contributed by atoms with Crippen molar-refractivity contribution < 1.29 is 9.53 Å². The summed E-state index contributed by atoms with van der Waals surface area (Å²) in [7, 11) is 3.34. The molecule has 4 rings (SSSR count). The van der Waals surface area contributed by atoms with E-state index in [1.165, 1.54) is 10.1 Å². The Morgan fingerprint density at radius 2 is 1.72 bits per heavy atom. The maximum atomic E-state index is 12.9. The van der Waals surface area contributed by atoms with Crippen molar-refractivity contribution in [2.24, 2.45) is 12.8 Å². The van der Waals surface area contributed by atoms with Gasteiger partial charge in [-0.25, -0.2) is 0 Å². The molecular formula is C23H25N3O3. The summed E-state index contributed by atoms with van der Waals surface area (Å²) in [5, 5.41) is 0.881. The van der Waals surface area contributed by atoms with Crippen LogP contribution >= 0.6 is 0 Å². The molecule has 150 valence electrons. The number of piperidine rings is 1. The van der Waals surface area contributed by atoms with Crippen LogP contribution in [0.15, 0.2) is 53.3 Å². The largest absolute Gasteiger partial charge is 0.497 e. The average Bonchev–Trinajstić information content (AvgIpc) is 2.76. The fraction of sp³-hybridized carbons (Fsp3) is 0.304. The molecule has 1 amide bonds. The zero-order chi connectivity index (χ0) is 20.5. The zero-order valence-electron chi connectivity index (χ0n) is 16.7. The lowest BCUT2D eigenvalue weighted by molar-refractivity contribution is 0.0999. The third kappa shape index (κ3) is 3.35. The highest BCUT2D eigenvalue weighted by Gasteiger charge is 2.27. The summed E-state index contributed by atoms with van der Waals surface area (Å²) in [6.45, 7) is 1.52. The molecule has 1 aliphatic heterocycles. The Balaban J connectivity index is 1.69. The van der Waals surface area contributed by atoms with E-state index < -0.39 is 5.91 Å². The molecule has 2 aromatic carbocycles. The van der Waals surface area contributed by atoms with Crippen molar-refractivity contribution in [2.75, 3.05) is 25.1 Å². The number of nitrogens with two attached hydrogens (primary N) is 1. The minimum atomic E-state index is -0.677. The molecule has 1 aliphatic rings. The summed E-state index contributed by atoms with van der Waals surface area (Å²) in [6.07, 6.45) is 1.88. The van der Waals surface area contributed by atoms with Crippen molar-refractivity contribution in [1.82, 2.24) is 4.57 Å². The molecule has 2 N–H and O–H groups in total. The third-order valence-electron chi connectivity index (χ3n) is 5.92. The topological polar surface area (TPSA) is 77.6 Å². The number of aryl methyl sites for hydroxylation is 1. The van der Waals surface area contributed by atoms with Crippen molar-refractivity contribution in [3.63, 3.8) is 0 Å². The number of carbonyl (C=O) groups excluding carboxylic acids is 1. The first-order valence-corrected chi connectivity index (χ1v) is 9.81. The highest BCUT2D eigenvalue weighted by atomic mass is 16.5. The molecule has 6 nitrogen and oxygen atoms in total. The third-order valence-corrected chi connectivity index (χ3v) is 5.92. The van der Waals surface area contributed by atoms with Crippen molar-refractivity contribution in [3.05, 3.63) is 70.0 Å². The van der Waals surface area contributed by atoms with Crippen LogP contribution in [0.1, 0.15) is 34.7 Å². The van der Waals surface area contributed by atoms with Crippen molar-refractivity contribution in [3.8, 4) is 5.75 Å². The number of carbonyl (C=O) groups is 1. The number of nitrogens with zero attached hydrogens (tertiary/aromatic N) is 2. The number of aromatic nitrogens is 1. The number of methoxy groups -OCH3 is 1. The number of anilines is 1. The van der Waals surface area contributed by atoms with Gasteiger partial charge >= 0.3 is 0 Å². The number of amides is 1. The summed E-state index contributed by atoms with van der Waals surface area (Å²) in [5.41, 5.74) is 8.13. The maximum Gasteiger partial charge on any atom is 0.265 e. The van der Waals surface area contributed by atoms with Crippen LogP contribution in [0.25, 0.3) is 10.9 Å². The molecule has 1 aromatic heterocycles. The van der Waals surface area contributed by atoms with Gasteiger partial charge in [-0.3, -0.25) is 9.59 Å². The molecule has 1 saturated heterocycles. The van der Waals surface area contributed by atoms with E-state index in [1.807, 2.05) is 36.4 Å². The standard InChI is InChI=1S/C23H25N3O3/c1-25-19-6-4-3-5-18(19)21(20(22(24)27)23(25)28)26-13-11-16(12-14-26)15-7-9-17(29-2)10-8-15/h3-10,16H,11-14H2,1-2H3,(H2,24,27). The Morgan fingerprint density at radius 3 is 2.34 bits per heavy atom. The van der Waals surface area contributed by atoms with E-state index in [0.29, 0.717) is 11.6 Å². The highest BCUT2D eigenvalue weighted by molar-refractivity contribution is 6.06. The first-order valence-electron chi connectivity index (χ1n) is 9.81. The molecule has 0 saturated carbocycles. The Kier molecular flexibility index (Phi) is 5.01. The summed E-state index contributed by atoms with van der Waals surface area (Å²) in [5.74, 6) is 0.611. The maximum absolute atomic E-state index is 12.9. The SMILES string of the molecule is COc1ccc(C2CCN(c3c(C(N)=O)c(=O)n(C)c4ccccc34)CC2)cc1. The minimum Gasteiger partial charge on any atom is -0.497 e. The molecular weight excluding hydrogens is 366 g/mol. The number of ether oxygens (including phenoxy) is 1. The quantitative estimate of drug-likeness (QED) is 0.742. The second kappa shape index (κ2) is 7.62. The molecule has 0 unspecified atom stereocenters. The van der Waals surface area contributed by atoms with Gasteiger partial charge in [0, 0.05) is 25.5 Å². The summed E-state index contributed by atoms with van der Waals surface area (Å²) < 4.78 is 6.75. The molecule has 2 heterocycles. The van der Waals surface area contributed by atoms with E-state index in [1.54, 1.807) is 14.2 Å². The number of benzene rings is 2. The van der Waals surface area contributed by atoms with Gasteiger partial charge < -0.3 is 19.9 Å². The van der Waals surface area contributed by atoms with Crippen molar-refractivity contribution >= 4 is 22.5 Å². The van der Waals surface area contributed by atoms with Gasteiger partial charge in [0.15, 0.2) is 0 Å². The monoisotopic (exact) mass is 391 g/mol. The van der Waals surface area contributed by atoms with Gasteiger partial charge in [0.05, 0.1) is 18.3 Å². The fourth-order valence-corrected chi connectivity index (χ4v) is 4.34. The van der Waals surface area contributed by atoms with Crippen LogP contribution in [0.4, 0.5) is 5.69 Å². The molecule has 6 heteroatoms. The van der Waals surface area contributed by atoms with Crippen LogP contribution in [0.5, 0.6) is 5.75 Å². The van der Waals surface area contributed by atoms with E-state index in [4.69, 9.17) is 10.5 Å². The van der Waals surface area contributed by atoms with Crippen molar-refractivity contribution in [1.29, 1.82) is 0 Å². The van der Waals surface area contributed by atoms with Gasteiger partial charge in [0.2, 0.25) is 0 Å². The first kappa shape index (κ1) is 19.1. The molecule has 0 spiro atoms. The number of primary amides is 1. The van der Waals surface area contributed by atoms with Gasteiger partial charge in [-0.1, -0.05) is 30.3 Å². The van der Waals surface area contributed by atoms with Gasteiger partial charge in [-0.05, 0) is 42.5 Å². The van der Waals surface area contributed by atoms with Gasteiger partial charge in [0.1, 0.15) is 11.3 Å². The molecule has 3 aromatic rings. The summed E-state index contributed by atoms with van der Waals surface area (Å²) in [4.78, 5) is 27.2. The lowest BCUT2D eigenvalue weighted by Gasteiger charge is -2.35. The Bertz CT molecular complexity index is 1110. The fourth-order valence-electron chi connectivity index (χ4n) is 4.34. The molecule has 0 atom stereocenters. The van der Waals surface area contributed by atoms with E-state index in [2.05, 4.69) is 17.0 Å². The lowest BCUT2D eigenvalue weighted by atomic mass is 9.89. The van der Waals surface area contributed by atoms with E-state index in [-0.39, 0.29) is 11.1 Å². The average molecular weight is 391 g/mol. The van der Waals surface area contributed by atoms with Gasteiger partial charge in [-0.2, -0.15) is 0 Å². The van der Waals surface area contributed by atoms with Crippen LogP contribution in [0, 0.1) is 0 Å². The van der Waals surface area contributed by atoms with Crippen molar-refractivity contribution in [2.45, 2.75) is 18.8 Å². The smallest absolute Gasteiger partial charge is 0.265 e. The Morgan fingerprint density at radius 1 is 1.07 bits per heavy atom. The predicted molar refractivity (Wildman–Crippen MR) is 115 cm³/mol. The van der Waals surface area contributed by atoms with Crippen LogP contribution in [-0.2, 0) is 7.05 Å². The highest BCUT2D eigenvalue weighted by Crippen LogP contribution is 2.35. The normalized spacial score (nSPS) is 14.9. The van der Waals surface area contributed by atoms with Gasteiger partial charge in [-0.15, -0.1) is 0 Å². The second-order valence-corrected chi connectivity index (χ2v) is 7.50. The number of para-hydroxylation sites is 1. The first-order chi connectivity index (χ1) is 14.0. The lowest BCUT2D eigenvalue weighted by Crippen LogP contribution is -2.38. The molecule has 1 fully saturated rings. The van der Waals surface area contributed by atoms with E-state index in [9.17, 15) is 9.59 Å². The predicted octanol–water partition coefficient (Wildman–Crippen LogP) is 3.03. The molecule has 0 bridgehead atoms. The number of pyridine rings is 1.